The van der Waals surface area contributed by atoms with Gasteiger partial charge in [0.1, 0.15) is 18.2 Å². The highest BCUT2D eigenvalue weighted by atomic mass is 19.4. The highest BCUT2D eigenvalue weighted by Gasteiger charge is 2.36. The summed E-state index contributed by atoms with van der Waals surface area (Å²) in [7, 11) is 0. The van der Waals surface area contributed by atoms with Crippen LogP contribution in [0.5, 0.6) is 5.75 Å². The molecule has 0 amide bonds. The summed E-state index contributed by atoms with van der Waals surface area (Å²) in [5.74, 6) is -0.889. The summed E-state index contributed by atoms with van der Waals surface area (Å²) in [5.41, 5.74) is 1.84. The van der Waals surface area contributed by atoms with Crippen molar-refractivity contribution in [3.05, 3.63) is 58.9 Å². The lowest BCUT2D eigenvalue weighted by Gasteiger charge is -2.14. The third-order valence-electron chi connectivity index (χ3n) is 3.02. The van der Waals surface area contributed by atoms with E-state index < -0.39 is 35.9 Å². The zero-order valence-corrected chi connectivity index (χ0v) is 11.8. The Morgan fingerprint density at radius 3 is 1.83 bits per heavy atom. The van der Waals surface area contributed by atoms with Gasteiger partial charge in [-0.05, 0) is 35.9 Å². The Hall–Kier alpha value is -2.45. The Kier molecular flexibility index (Phi) is 4.63. The van der Waals surface area contributed by atoms with Gasteiger partial charge in [-0.1, -0.05) is 0 Å². The largest absolute Gasteiger partial charge is 0.489 e. The number of halogens is 7. The smallest absolute Gasteiger partial charge is 0.416 e. The molecule has 0 heterocycles. The molecule has 0 aromatic heterocycles. The van der Waals surface area contributed by atoms with Crippen LogP contribution in [0.4, 0.5) is 36.4 Å². The third kappa shape index (κ3) is 4.30. The van der Waals surface area contributed by atoms with Crippen LogP contribution in [0.3, 0.4) is 0 Å². The third-order valence-corrected chi connectivity index (χ3v) is 3.02. The molecule has 9 heteroatoms. The Morgan fingerprint density at radius 1 is 0.833 bits per heavy atom. The number of benzene rings is 2. The standard InChI is InChI=1S/C15H10F7NO/c16-12-6-11(1-2-13(12)23)24-7-8-3-9(14(17,18)19)5-10(4-8)15(20,21)22/h1-6H,7,23H2. The van der Waals surface area contributed by atoms with Crippen LogP contribution < -0.4 is 10.5 Å². The molecule has 0 fully saturated rings. The summed E-state index contributed by atoms with van der Waals surface area (Å²) in [6, 6.07) is 4.40. The molecule has 0 aliphatic heterocycles. The van der Waals surface area contributed by atoms with Gasteiger partial charge in [0, 0.05) is 6.07 Å². The molecule has 2 N–H and O–H groups in total. The molecule has 0 aliphatic carbocycles. The Balaban J connectivity index is 2.30. The number of hydrogen-bond donors (Lipinski definition) is 1. The number of hydrogen-bond acceptors (Lipinski definition) is 2. The molecule has 0 saturated carbocycles. The number of nitrogens with two attached hydrogens (primary N) is 1. The first-order chi connectivity index (χ1) is 11.0. The molecule has 0 unspecified atom stereocenters. The van der Waals surface area contributed by atoms with E-state index in [-0.39, 0.29) is 23.1 Å². The molecule has 2 nitrogen and oxygen atoms in total. The fourth-order valence-corrected chi connectivity index (χ4v) is 1.87. The first-order valence-electron chi connectivity index (χ1n) is 6.43. The maximum atomic E-state index is 13.2. The van der Waals surface area contributed by atoms with Gasteiger partial charge in [-0.15, -0.1) is 0 Å². The minimum atomic E-state index is -4.94. The average molecular weight is 353 g/mol. The van der Waals surface area contributed by atoms with Crippen molar-refractivity contribution in [1.29, 1.82) is 0 Å². The van der Waals surface area contributed by atoms with Crippen molar-refractivity contribution < 1.29 is 35.5 Å². The second-order valence-electron chi connectivity index (χ2n) is 4.89. The van der Waals surface area contributed by atoms with Crippen LogP contribution in [-0.4, -0.2) is 0 Å². The fourth-order valence-electron chi connectivity index (χ4n) is 1.87. The van der Waals surface area contributed by atoms with E-state index in [0.717, 1.165) is 12.1 Å². The molecule has 0 aliphatic rings. The molecular weight excluding hydrogens is 343 g/mol. The van der Waals surface area contributed by atoms with E-state index in [1.165, 1.54) is 6.07 Å². The van der Waals surface area contributed by atoms with Gasteiger partial charge < -0.3 is 10.5 Å². The molecule has 2 aromatic rings. The molecule has 0 atom stereocenters. The van der Waals surface area contributed by atoms with Gasteiger partial charge in [0.05, 0.1) is 16.8 Å². The van der Waals surface area contributed by atoms with Gasteiger partial charge in [-0.2, -0.15) is 26.3 Å². The van der Waals surface area contributed by atoms with Crippen LogP contribution in [0, 0.1) is 5.82 Å². The zero-order chi connectivity index (χ0) is 18.1. The molecule has 2 aromatic carbocycles. The van der Waals surface area contributed by atoms with Gasteiger partial charge in [0.25, 0.3) is 0 Å². The highest BCUT2D eigenvalue weighted by molar-refractivity contribution is 5.43. The zero-order valence-electron chi connectivity index (χ0n) is 11.8. The first kappa shape index (κ1) is 17.9. The lowest BCUT2D eigenvalue weighted by Crippen LogP contribution is -2.12. The minimum absolute atomic E-state index is 0.0202. The van der Waals surface area contributed by atoms with Crippen molar-refractivity contribution in [2.24, 2.45) is 0 Å². The second kappa shape index (κ2) is 6.21. The number of nitrogen functional groups attached to an aromatic ring is 1. The minimum Gasteiger partial charge on any atom is -0.489 e. The molecule has 0 bridgehead atoms. The fraction of sp³-hybridized carbons (Fsp3) is 0.200. The van der Waals surface area contributed by atoms with Crippen LogP contribution in [0.25, 0.3) is 0 Å². The van der Waals surface area contributed by atoms with Crippen molar-refractivity contribution >= 4 is 5.69 Å². The van der Waals surface area contributed by atoms with Gasteiger partial charge in [0.2, 0.25) is 0 Å². The first-order valence-corrected chi connectivity index (χ1v) is 6.43. The van der Waals surface area contributed by atoms with E-state index in [4.69, 9.17) is 10.5 Å². The van der Waals surface area contributed by atoms with Crippen molar-refractivity contribution in [3.8, 4) is 5.75 Å². The molecule has 130 valence electrons. The number of alkyl halides is 6. The van der Waals surface area contributed by atoms with Gasteiger partial charge >= 0.3 is 12.4 Å². The van der Waals surface area contributed by atoms with E-state index >= 15 is 0 Å². The predicted molar refractivity (Wildman–Crippen MR) is 71.6 cm³/mol. The average Bonchev–Trinajstić information content (AvgIpc) is 2.46. The second-order valence-corrected chi connectivity index (χ2v) is 4.89. The number of ether oxygens (including phenoxy) is 1. The Morgan fingerprint density at radius 2 is 1.38 bits per heavy atom. The van der Waals surface area contributed by atoms with Gasteiger partial charge in [-0.3, -0.25) is 0 Å². The predicted octanol–water partition coefficient (Wildman–Crippen LogP) is 5.02. The topological polar surface area (TPSA) is 35.2 Å². The lowest BCUT2D eigenvalue weighted by atomic mass is 10.1. The quantitative estimate of drug-likeness (QED) is 0.621. The number of anilines is 1. The number of rotatable bonds is 3. The summed E-state index contributed by atoms with van der Waals surface area (Å²) in [6.07, 6.45) is -9.88. The van der Waals surface area contributed by atoms with Crippen molar-refractivity contribution in [3.63, 3.8) is 0 Å². The molecule has 0 spiro atoms. The van der Waals surface area contributed by atoms with Crippen molar-refractivity contribution in [2.45, 2.75) is 19.0 Å². The Bertz CT molecular complexity index is 705. The van der Waals surface area contributed by atoms with Crippen LogP contribution >= 0.6 is 0 Å². The normalized spacial score (nSPS) is 12.3. The van der Waals surface area contributed by atoms with Crippen LogP contribution in [0.1, 0.15) is 16.7 Å². The van der Waals surface area contributed by atoms with E-state index in [9.17, 15) is 30.7 Å². The summed E-state index contributed by atoms with van der Waals surface area (Å²) < 4.78 is 94.6. The Labute approximate surface area is 131 Å². The van der Waals surface area contributed by atoms with Gasteiger partial charge in [-0.25, -0.2) is 4.39 Å². The molecule has 2 rings (SSSR count). The molecular formula is C15H10F7NO. The summed E-state index contributed by atoms with van der Waals surface area (Å²) >= 11 is 0. The summed E-state index contributed by atoms with van der Waals surface area (Å²) in [4.78, 5) is 0. The molecule has 0 saturated heterocycles. The van der Waals surface area contributed by atoms with Gasteiger partial charge in [0.15, 0.2) is 0 Å². The maximum absolute atomic E-state index is 13.2. The van der Waals surface area contributed by atoms with Crippen LogP contribution in [0.2, 0.25) is 0 Å². The highest BCUT2D eigenvalue weighted by Crippen LogP contribution is 2.36. The van der Waals surface area contributed by atoms with Crippen LogP contribution in [-0.2, 0) is 19.0 Å². The van der Waals surface area contributed by atoms with Crippen molar-refractivity contribution in [2.75, 3.05) is 5.73 Å². The van der Waals surface area contributed by atoms with Crippen LogP contribution in [0.15, 0.2) is 36.4 Å². The van der Waals surface area contributed by atoms with E-state index in [1.807, 2.05) is 0 Å². The molecule has 0 radical (unpaired) electrons. The van der Waals surface area contributed by atoms with Crippen molar-refractivity contribution in [1.82, 2.24) is 0 Å². The van der Waals surface area contributed by atoms with E-state index in [2.05, 4.69) is 0 Å². The monoisotopic (exact) mass is 353 g/mol. The summed E-state index contributed by atoms with van der Waals surface area (Å²) in [6.45, 7) is -0.601. The maximum Gasteiger partial charge on any atom is 0.416 e. The molecule has 24 heavy (non-hydrogen) atoms. The SMILES string of the molecule is Nc1ccc(OCc2cc(C(F)(F)F)cc(C(F)(F)F)c2)cc1F. The lowest BCUT2D eigenvalue weighted by molar-refractivity contribution is -0.143. The summed E-state index contributed by atoms with van der Waals surface area (Å²) in [5, 5.41) is 0. The van der Waals surface area contributed by atoms with E-state index in [1.54, 1.807) is 0 Å². The van der Waals surface area contributed by atoms with E-state index in [0.29, 0.717) is 12.1 Å².